The van der Waals surface area contributed by atoms with Crippen molar-refractivity contribution in [2.24, 2.45) is 11.7 Å². The highest BCUT2D eigenvalue weighted by molar-refractivity contribution is 5.73. The molecule has 164 valence electrons. The first kappa shape index (κ1) is 20.9. The molecule has 2 aromatic rings. The lowest BCUT2D eigenvalue weighted by Gasteiger charge is -2.40. The molecule has 11 heteroatoms. The zero-order valence-electron chi connectivity index (χ0n) is 16.0. The first-order valence-corrected chi connectivity index (χ1v) is 9.56. The molecule has 2 saturated heterocycles. The summed E-state index contributed by atoms with van der Waals surface area (Å²) in [6.07, 6.45) is -1.55. The van der Waals surface area contributed by atoms with E-state index in [1.54, 1.807) is 23.1 Å². The Morgan fingerprint density at radius 2 is 2.03 bits per heavy atom. The van der Waals surface area contributed by atoms with Crippen LogP contribution in [-0.2, 0) is 6.54 Å². The molecule has 0 spiro atoms. The van der Waals surface area contributed by atoms with Gasteiger partial charge in [-0.2, -0.15) is 13.2 Å². The maximum Gasteiger partial charge on any atom is 0.393 e. The van der Waals surface area contributed by atoms with Crippen molar-refractivity contribution >= 4 is 17.3 Å². The first-order valence-electron chi connectivity index (χ1n) is 9.56. The Bertz CT molecular complexity index is 865. The Balaban J connectivity index is 1.61. The number of anilines is 3. The van der Waals surface area contributed by atoms with E-state index in [0.717, 1.165) is 0 Å². The van der Waals surface area contributed by atoms with Crippen LogP contribution in [0.1, 0.15) is 12.1 Å². The van der Waals surface area contributed by atoms with Crippen molar-refractivity contribution < 1.29 is 26.4 Å². The quantitative estimate of drug-likeness (QED) is 0.706. The van der Waals surface area contributed by atoms with E-state index < -0.39 is 24.1 Å². The topological polar surface area (TPSA) is 70.6 Å². The second-order valence-electron chi connectivity index (χ2n) is 7.94. The maximum atomic E-state index is 13.4. The number of nitrogens with zero attached hydrogens (tertiary/aromatic N) is 3. The van der Waals surface area contributed by atoms with E-state index >= 15 is 0 Å². The van der Waals surface area contributed by atoms with Crippen LogP contribution in [0.15, 0.2) is 35.1 Å². The maximum absolute atomic E-state index is 13.4. The van der Waals surface area contributed by atoms with E-state index in [4.69, 9.17) is 10.2 Å². The number of hydrogen-bond acceptors (Lipinski definition) is 6. The SMILES string of the molecule is NC1CC(C(F)(F)F)CN(c2cc(CN3CC(F)(F)C3)ncc2Nc2ccco2)C1. The van der Waals surface area contributed by atoms with Crippen LogP contribution < -0.4 is 16.0 Å². The zero-order chi connectivity index (χ0) is 21.5. The van der Waals surface area contributed by atoms with Gasteiger partial charge < -0.3 is 20.4 Å². The van der Waals surface area contributed by atoms with Gasteiger partial charge in [-0.15, -0.1) is 0 Å². The number of hydrogen-bond donors (Lipinski definition) is 2. The third-order valence-corrected chi connectivity index (χ3v) is 5.30. The highest BCUT2D eigenvalue weighted by atomic mass is 19.4. The highest BCUT2D eigenvalue weighted by Gasteiger charge is 2.45. The minimum Gasteiger partial charge on any atom is -0.449 e. The largest absolute Gasteiger partial charge is 0.449 e. The molecule has 2 atom stereocenters. The fourth-order valence-corrected chi connectivity index (χ4v) is 3.93. The Kier molecular flexibility index (Phi) is 5.35. The average Bonchev–Trinajstić information content (AvgIpc) is 3.13. The number of nitrogens with two attached hydrogens (primary N) is 1. The molecule has 2 aliphatic heterocycles. The summed E-state index contributed by atoms with van der Waals surface area (Å²) in [5, 5.41) is 3.01. The van der Waals surface area contributed by atoms with Crippen LogP contribution in [0.4, 0.5) is 39.2 Å². The van der Waals surface area contributed by atoms with Crippen molar-refractivity contribution in [1.29, 1.82) is 0 Å². The Labute approximate surface area is 169 Å². The van der Waals surface area contributed by atoms with Gasteiger partial charge in [0.2, 0.25) is 0 Å². The smallest absolute Gasteiger partial charge is 0.393 e. The fraction of sp³-hybridized carbons (Fsp3) is 0.526. The van der Waals surface area contributed by atoms with Crippen LogP contribution in [0.25, 0.3) is 0 Å². The van der Waals surface area contributed by atoms with Crippen LogP contribution in [0.3, 0.4) is 0 Å². The summed E-state index contributed by atoms with van der Waals surface area (Å²) < 4.78 is 71.7. The number of nitrogens with one attached hydrogen (secondary N) is 1. The normalized spacial score (nSPS) is 24.5. The number of halogens is 5. The van der Waals surface area contributed by atoms with Crippen LogP contribution >= 0.6 is 0 Å². The molecule has 0 amide bonds. The molecule has 0 aliphatic carbocycles. The lowest BCUT2D eigenvalue weighted by atomic mass is 9.93. The van der Waals surface area contributed by atoms with Gasteiger partial charge in [0.1, 0.15) is 0 Å². The van der Waals surface area contributed by atoms with Gasteiger partial charge in [0, 0.05) is 31.7 Å². The van der Waals surface area contributed by atoms with Crippen molar-refractivity contribution in [2.75, 3.05) is 36.4 Å². The fourth-order valence-electron chi connectivity index (χ4n) is 3.93. The number of aromatic nitrogens is 1. The molecule has 0 saturated carbocycles. The van der Waals surface area contributed by atoms with Crippen molar-refractivity contribution in [2.45, 2.75) is 31.1 Å². The Morgan fingerprint density at radius 3 is 2.67 bits per heavy atom. The first-order chi connectivity index (χ1) is 14.1. The Hall–Kier alpha value is -2.40. The molecule has 2 aromatic heterocycles. The van der Waals surface area contributed by atoms with Crippen molar-refractivity contribution in [3.8, 4) is 0 Å². The molecule has 4 heterocycles. The molecule has 30 heavy (non-hydrogen) atoms. The van der Waals surface area contributed by atoms with Crippen molar-refractivity contribution in [3.63, 3.8) is 0 Å². The van der Waals surface area contributed by atoms with E-state index in [-0.39, 0.29) is 39.1 Å². The number of likely N-dealkylation sites (tertiary alicyclic amines) is 1. The van der Waals surface area contributed by atoms with Gasteiger partial charge in [-0.25, -0.2) is 8.78 Å². The van der Waals surface area contributed by atoms with Crippen LogP contribution in [-0.4, -0.2) is 54.2 Å². The molecule has 6 nitrogen and oxygen atoms in total. The molecule has 2 fully saturated rings. The second kappa shape index (κ2) is 7.69. The van der Waals surface area contributed by atoms with Gasteiger partial charge in [0.05, 0.1) is 48.5 Å². The second-order valence-corrected chi connectivity index (χ2v) is 7.94. The Morgan fingerprint density at radius 1 is 1.27 bits per heavy atom. The molecule has 0 radical (unpaired) electrons. The van der Waals surface area contributed by atoms with Gasteiger partial charge in [-0.05, 0) is 18.6 Å². The zero-order valence-corrected chi connectivity index (χ0v) is 16.0. The number of pyridine rings is 1. The number of furan rings is 1. The summed E-state index contributed by atoms with van der Waals surface area (Å²) >= 11 is 0. The summed E-state index contributed by atoms with van der Waals surface area (Å²) in [5.74, 6) is -3.85. The molecule has 2 aliphatic rings. The minimum atomic E-state index is -4.36. The van der Waals surface area contributed by atoms with Crippen LogP contribution in [0.5, 0.6) is 0 Å². The monoisotopic (exact) mass is 431 g/mol. The molecular formula is C19H22F5N5O. The van der Waals surface area contributed by atoms with Crippen LogP contribution in [0, 0.1) is 5.92 Å². The van der Waals surface area contributed by atoms with E-state index in [1.165, 1.54) is 17.4 Å². The van der Waals surface area contributed by atoms with Crippen molar-refractivity contribution in [3.05, 3.63) is 36.4 Å². The molecule has 0 bridgehead atoms. The summed E-state index contributed by atoms with van der Waals surface area (Å²) in [5.41, 5.74) is 7.36. The molecule has 3 N–H and O–H groups in total. The van der Waals surface area contributed by atoms with Gasteiger partial charge in [-0.1, -0.05) is 0 Å². The summed E-state index contributed by atoms with van der Waals surface area (Å²) in [4.78, 5) is 7.41. The standard InChI is InChI=1S/C19H22F5N5O/c20-18(21)10-28(11-18)9-14-5-16(15(6-26-14)27-17-2-1-3-30-17)29-7-12(19(22,23)24)4-13(25)8-29/h1-3,5-6,12-13,27H,4,7-11,25H2. The van der Waals surface area contributed by atoms with E-state index in [0.29, 0.717) is 23.0 Å². The molecule has 4 rings (SSSR count). The van der Waals surface area contributed by atoms with Gasteiger partial charge in [-0.3, -0.25) is 9.88 Å². The van der Waals surface area contributed by atoms with Crippen molar-refractivity contribution in [1.82, 2.24) is 9.88 Å². The number of alkyl halides is 5. The summed E-state index contributed by atoms with van der Waals surface area (Å²) in [6, 6.07) is 4.32. The van der Waals surface area contributed by atoms with E-state index in [9.17, 15) is 22.0 Å². The molecule has 0 aromatic carbocycles. The predicted molar refractivity (Wildman–Crippen MR) is 101 cm³/mol. The predicted octanol–water partition coefficient (Wildman–Crippen LogP) is 3.59. The highest BCUT2D eigenvalue weighted by Crippen LogP contribution is 2.38. The van der Waals surface area contributed by atoms with E-state index in [1.807, 2.05) is 0 Å². The summed E-state index contributed by atoms with van der Waals surface area (Å²) in [6.45, 7) is -0.533. The summed E-state index contributed by atoms with van der Waals surface area (Å²) in [7, 11) is 0. The van der Waals surface area contributed by atoms with Crippen LogP contribution in [0.2, 0.25) is 0 Å². The number of piperidine rings is 1. The minimum absolute atomic E-state index is 0.137. The average molecular weight is 431 g/mol. The van der Waals surface area contributed by atoms with Gasteiger partial charge >= 0.3 is 6.18 Å². The molecule has 2 unspecified atom stereocenters. The lowest BCUT2D eigenvalue weighted by Crippen LogP contribution is -2.55. The number of rotatable bonds is 5. The third kappa shape index (κ3) is 4.67. The van der Waals surface area contributed by atoms with E-state index in [2.05, 4.69) is 10.3 Å². The van der Waals surface area contributed by atoms with Gasteiger partial charge in [0.25, 0.3) is 5.92 Å². The van der Waals surface area contributed by atoms with Gasteiger partial charge in [0.15, 0.2) is 5.88 Å². The lowest BCUT2D eigenvalue weighted by molar-refractivity contribution is -0.177. The third-order valence-electron chi connectivity index (χ3n) is 5.30. The molecular weight excluding hydrogens is 409 g/mol.